The van der Waals surface area contributed by atoms with Crippen LogP contribution in [0.2, 0.25) is 0 Å². The molecule has 0 unspecified atom stereocenters. The maximum Gasteiger partial charge on any atom is 0.488 e. The second-order valence-corrected chi connectivity index (χ2v) is 11.2. The molecule has 220 valence electrons. The van der Waals surface area contributed by atoms with Gasteiger partial charge in [-0.2, -0.15) is 0 Å². The minimum atomic E-state index is -1.59. The first-order valence-electron chi connectivity index (χ1n) is 15.4. The molecule has 2 N–H and O–H groups in total. The Balaban J connectivity index is 1.52. The van der Waals surface area contributed by atoms with E-state index in [2.05, 4.69) is 132 Å². The molecule has 0 aromatic heterocycles. The Hall–Kier alpha value is -5.68. The molecule has 46 heavy (non-hydrogen) atoms. The van der Waals surface area contributed by atoms with Crippen LogP contribution in [0.25, 0.3) is 44.5 Å². The number of anilines is 3. The normalized spacial score (nSPS) is 10.8. The van der Waals surface area contributed by atoms with Crippen molar-refractivity contribution in [2.45, 2.75) is 0 Å². The summed E-state index contributed by atoms with van der Waals surface area (Å²) in [7, 11) is -1.59. The van der Waals surface area contributed by atoms with Crippen LogP contribution in [0, 0.1) is 0 Å². The van der Waals surface area contributed by atoms with Gasteiger partial charge in [0.15, 0.2) is 0 Å². The smallest absolute Gasteiger partial charge is 0.423 e. The largest absolute Gasteiger partial charge is 0.488 e. The molecule has 0 aliphatic heterocycles. The predicted molar refractivity (Wildman–Crippen MR) is 193 cm³/mol. The van der Waals surface area contributed by atoms with Crippen LogP contribution >= 0.6 is 0 Å². The van der Waals surface area contributed by atoms with Gasteiger partial charge in [-0.25, -0.2) is 0 Å². The van der Waals surface area contributed by atoms with Gasteiger partial charge in [0.25, 0.3) is 0 Å². The van der Waals surface area contributed by atoms with Gasteiger partial charge in [0.2, 0.25) is 0 Å². The van der Waals surface area contributed by atoms with Crippen LogP contribution in [0.15, 0.2) is 182 Å². The monoisotopic (exact) mass is 593 g/mol. The zero-order valence-corrected chi connectivity index (χ0v) is 25.2. The number of hydrogen-bond donors (Lipinski definition) is 2. The lowest BCUT2D eigenvalue weighted by Gasteiger charge is -2.31. The van der Waals surface area contributed by atoms with Crippen LogP contribution in [-0.4, -0.2) is 17.2 Å². The van der Waals surface area contributed by atoms with Crippen molar-refractivity contribution in [3.05, 3.63) is 182 Å². The summed E-state index contributed by atoms with van der Waals surface area (Å²) in [5.41, 5.74) is 11.9. The molecule has 0 aliphatic carbocycles. The molecule has 4 heteroatoms. The van der Waals surface area contributed by atoms with Crippen LogP contribution in [0.5, 0.6) is 0 Å². The lowest BCUT2D eigenvalue weighted by molar-refractivity contribution is 0.426. The zero-order chi connectivity index (χ0) is 31.3. The van der Waals surface area contributed by atoms with Gasteiger partial charge in [0.05, 0.1) is 11.4 Å². The molecule has 0 saturated heterocycles. The van der Waals surface area contributed by atoms with Gasteiger partial charge >= 0.3 is 7.12 Å². The molecule has 0 radical (unpaired) electrons. The molecular weight excluding hydrogens is 561 g/mol. The Bertz CT molecular complexity index is 2060. The summed E-state index contributed by atoms with van der Waals surface area (Å²) < 4.78 is 0. The number of benzene rings is 7. The van der Waals surface area contributed by atoms with E-state index in [0.29, 0.717) is 5.46 Å². The third-order valence-corrected chi connectivity index (χ3v) is 8.29. The molecule has 0 spiro atoms. The molecule has 7 aromatic carbocycles. The summed E-state index contributed by atoms with van der Waals surface area (Å²) in [6.07, 6.45) is 0. The van der Waals surface area contributed by atoms with E-state index in [1.165, 1.54) is 0 Å². The van der Waals surface area contributed by atoms with Gasteiger partial charge in [0, 0.05) is 16.8 Å². The predicted octanol–water partition coefficient (Wildman–Crippen LogP) is 9.50. The van der Waals surface area contributed by atoms with E-state index in [9.17, 15) is 10.0 Å². The first-order chi connectivity index (χ1) is 22.7. The van der Waals surface area contributed by atoms with Gasteiger partial charge in [-0.1, -0.05) is 152 Å². The molecule has 0 bridgehead atoms. The third-order valence-electron chi connectivity index (χ3n) is 8.29. The highest BCUT2D eigenvalue weighted by Crippen LogP contribution is 2.46. The maximum absolute atomic E-state index is 10.2. The van der Waals surface area contributed by atoms with E-state index in [1.807, 2.05) is 48.5 Å². The number of hydrogen-bond acceptors (Lipinski definition) is 3. The van der Waals surface area contributed by atoms with E-state index in [-0.39, 0.29) is 0 Å². The van der Waals surface area contributed by atoms with Crippen molar-refractivity contribution < 1.29 is 10.0 Å². The first-order valence-corrected chi connectivity index (χ1v) is 15.4. The standard InChI is InChI=1S/C42H32BNO2/c45-43(46)37-25-27-42(40(30-37)34-20-11-4-12-21-34)44(38-23-13-22-35(28-38)31-14-5-1-6-15-31)41-26-24-36(32-16-7-2-8-17-32)29-39(41)33-18-9-3-10-19-33/h1-30,45-46H. The summed E-state index contributed by atoms with van der Waals surface area (Å²) in [6, 6.07) is 62.3. The van der Waals surface area contributed by atoms with Crippen LogP contribution < -0.4 is 10.4 Å². The van der Waals surface area contributed by atoms with Gasteiger partial charge < -0.3 is 14.9 Å². The minimum Gasteiger partial charge on any atom is -0.423 e. The lowest BCUT2D eigenvalue weighted by Crippen LogP contribution is -2.30. The van der Waals surface area contributed by atoms with E-state index in [0.717, 1.165) is 61.6 Å². The summed E-state index contributed by atoms with van der Waals surface area (Å²) in [6.45, 7) is 0. The molecular formula is C42H32BNO2. The minimum absolute atomic E-state index is 0.434. The quantitative estimate of drug-likeness (QED) is 0.173. The van der Waals surface area contributed by atoms with E-state index in [1.54, 1.807) is 6.07 Å². The highest BCUT2D eigenvalue weighted by Gasteiger charge is 2.23. The van der Waals surface area contributed by atoms with Gasteiger partial charge in [0.1, 0.15) is 0 Å². The fraction of sp³-hybridized carbons (Fsp3) is 0. The topological polar surface area (TPSA) is 43.7 Å². The Kier molecular flexibility index (Phi) is 8.29. The Morgan fingerprint density at radius 2 is 0.783 bits per heavy atom. The maximum atomic E-state index is 10.2. The molecule has 7 rings (SSSR count). The molecule has 0 atom stereocenters. The zero-order valence-electron chi connectivity index (χ0n) is 25.2. The van der Waals surface area contributed by atoms with Crippen molar-refractivity contribution in [1.82, 2.24) is 0 Å². The molecule has 0 amide bonds. The average Bonchev–Trinajstić information content (AvgIpc) is 3.13. The summed E-state index contributed by atoms with van der Waals surface area (Å²) in [4.78, 5) is 2.29. The van der Waals surface area contributed by atoms with Crippen LogP contribution in [0.3, 0.4) is 0 Å². The molecule has 3 nitrogen and oxygen atoms in total. The van der Waals surface area contributed by atoms with Crippen molar-refractivity contribution in [3.63, 3.8) is 0 Å². The van der Waals surface area contributed by atoms with E-state index >= 15 is 0 Å². The first kappa shape index (κ1) is 29.1. The molecule has 0 aliphatic rings. The SMILES string of the molecule is OB(O)c1ccc(N(c2cccc(-c3ccccc3)c2)c2ccc(-c3ccccc3)cc2-c2ccccc2)c(-c2ccccc2)c1. The molecule has 0 saturated carbocycles. The fourth-order valence-electron chi connectivity index (χ4n) is 6.01. The fourth-order valence-corrected chi connectivity index (χ4v) is 6.01. The summed E-state index contributed by atoms with van der Waals surface area (Å²) in [5, 5.41) is 20.4. The number of nitrogens with zero attached hydrogens (tertiary/aromatic N) is 1. The lowest BCUT2D eigenvalue weighted by atomic mass is 9.78. The van der Waals surface area contributed by atoms with Crippen LogP contribution in [-0.2, 0) is 0 Å². The highest BCUT2D eigenvalue weighted by molar-refractivity contribution is 6.58. The molecule has 0 fully saturated rings. The van der Waals surface area contributed by atoms with Crippen molar-refractivity contribution >= 4 is 29.6 Å². The van der Waals surface area contributed by atoms with Crippen LogP contribution in [0.1, 0.15) is 0 Å². The summed E-state index contributed by atoms with van der Waals surface area (Å²) in [5.74, 6) is 0. The van der Waals surface area contributed by atoms with Gasteiger partial charge in [-0.3, -0.25) is 0 Å². The van der Waals surface area contributed by atoms with E-state index in [4.69, 9.17) is 0 Å². The Morgan fingerprint density at radius 1 is 0.348 bits per heavy atom. The third kappa shape index (κ3) is 6.00. The van der Waals surface area contributed by atoms with Gasteiger partial charge in [-0.05, 0) is 69.2 Å². The van der Waals surface area contributed by atoms with Crippen molar-refractivity contribution in [3.8, 4) is 44.5 Å². The van der Waals surface area contributed by atoms with Gasteiger partial charge in [-0.15, -0.1) is 0 Å². The number of rotatable bonds is 8. The van der Waals surface area contributed by atoms with Crippen molar-refractivity contribution in [2.75, 3.05) is 4.90 Å². The second-order valence-electron chi connectivity index (χ2n) is 11.2. The summed E-state index contributed by atoms with van der Waals surface area (Å²) >= 11 is 0. The Morgan fingerprint density at radius 3 is 1.30 bits per heavy atom. The highest BCUT2D eigenvalue weighted by atomic mass is 16.4. The Labute approximate surface area is 270 Å². The van der Waals surface area contributed by atoms with E-state index < -0.39 is 7.12 Å². The molecule has 7 aromatic rings. The van der Waals surface area contributed by atoms with Crippen molar-refractivity contribution in [2.24, 2.45) is 0 Å². The average molecular weight is 594 g/mol. The van der Waals surface area contributed by atoms with Crippen molar-refractivity contribution in [1.29, 1.82) is 0 Å². The van der Waals surface area contributed by atoms with Crippen LogP contribution in [0.4, 0.5) is 17.1 Å². The second kappa shape index (κ2) is 13.1. The molecule has 0 heterocycles.